The Balaban J connectivity index is 3.10. The zero-order valence-corrected chi connectivity index (χ0v) is 9.91. The quantitative estimate of drug-likeness (QED) is 0.486. The zero-order valence-electron chi connectivity index (χ0n) is 9.10. The van der Waals surface area contributed by atoms with Gasteiger partial charge in [-0.2, -0.15) is 0 Å². The highest BCUT2D eigenvalue weighted by Gasteiger charge is 2.17. The van der Waals surface area contributed by atoms with Crippen LogP contribution in [-0.2, 0) is 0 Å². The largest absolute Gasteiger partial charge is 0.490 e. The topological polar surface area (TPSA) is 72.6 Å². The number of nitro benzene ring substituents is 1. The molecule has 0 aliphatic carbocycles. The molecule has 0 aliphatic heterocycles. The van der Waals surface area contributed by atoms with Crippen LogP contribution in [-0.4, -0.2) is 29.5 Å². The van der Waals surface area contributed by atoms with Gasteiger partial charge in [-0.25, -0.2) is 0 Å². The molecule has 0 saturated carbocycles. The summed E-state index contributed by atoms with van der Waals surface area (Å²) in [5.41, 5.74) is 0.777. The molecule has 16 heavy (non-hydrogen) atoms. The second kappa shape index (κ2) is 5.72. The summed E-state index contributed by atoms with van der Waals surface area (Å²) in [6.45, 7) is 1.87. The van der Waals surface area contributed by atoms with Crippen LogP contribution in [0.1, 0.15) is 5.56 Å². The normalized spacial score (nSPS) is 10.2. The molecule has 0 fully saturated rings. The van der Waals surface area contributed by atoms with Gasteiger partial charge in [-0.3, -0.25) is 10.1 Å². The van der Waals surface area contributed by atoms with Crippen molar-refractivity contribution < 1.29 is 14.8 Å². The molecular weight excluding hydrogens is 230 g/mol. The number of methoxy groups -OCH3 is 1. The van der Waals surface area contributed by atoms with Crippen molar-refractivity contribution in [3.8, 4) is 5.75 Å². The number of hydrogen-bond acceptors (Lipinski definition) is 5. The van der Waals surface area contributed by atoms with Crippen LogP contribution < -0.4 is 4.74 Å². The number of hydrogen-bond donors (Lipinski definition) is 1. The first kappa shape index (κ1) is 12.8. The van der Waals surface area contributed by atoms with Crippen molar-refractivity contribution in [3.63, 3.8) is 0 Å². The summed E-state index contributed by atoms with van der Waals surface area (Å²) in [5, 5.41) is 19.5. The lowest BCUT2D eigenvalue weighted by atomic mass is 10.2. The Kier molecular flexibility index (Phi) is 4.57. The van der Waals surface area contributed by atoms with Gasteiger partial charge in [0.1, 0.15) is 0 Å². The summed E-state index contributed by atoms with van der Waals surface area (Å²) in [6.07, 6.45) is 0. The number of thioether (sulfide) groups is 1. The van der Waals surface area contributed by atoms with E-state index in [0.29, 0.717) is 5.75 Å². The van der Waals surface area contributed by atoms with Gasteiger partial charge in [0.2, 0.25) is 0 Å². The molecule has 0 atom stereocenters. The number of aliphatic hydroxyl groups is 1. The van der Waals surface area contributed by atoms with E-state index < -0.39 is 4.92 Å². The van der Waals surface area contributed by atoms with Gasteiger partial charge in [0, 0.05) is 22.8 Å². The van der Waals surface area contributed by atoms with Gasteiger partial charge in [0.25, 0.3) is 0 Å². The molecule has 0 bridgehead atoms. The lowest BCUT2D eigenvalue weighted by Gasteiger charge is -2.08. The first-order valence-electron chi connectivity index (χ1n) is 4.66. The minimum atomic E-state index is -0.466. The van der Waals surface area contributed by atoms with Crippen molar-refractivity contribution >= 4 is 17.4 Å². The smallest absolute Gasteiger partial charge is 0.311 e. The monoisotopic (exact) mass is 243 g/mol. The minimum Gasteiger partial charge on any atom is -0.490 e. The lowest BCUT2D eigenvalue weighted by molar-refractivity contribution is -0.385. The molecule has 1 aromatic rings. The van der Waals surface area contributed by atoms with Crippen molar-refractivity contribution in [2.75, 3.05) is 19.5 Å². The van der Waals surface area contributed by atoms with Crippen LogP contribution in [0.4, 0.5) is 5.69 Å². The van der Waals surface area contributed by atoms with Gasteiger partial charge in [-0.05, 0) is 12.5 Å². The molecule has 0 heterocycles. The van der Waals surface area contributed by atoms with E-state index >= 15 is 0 Å². The summed E-state index contributed by atoms with van der Waals surface area (Å²) in [5.74, 6) is 0.804. The second-order valence-corrected chi connectivity index (χ2v) is 4.26. The number of aliphatic hydroxyl groups excluding tert-OH is 1. The molecule has 0 radical (unpaired) electrons. The fourth-order valence-corrected chi connectivity index (χ4v) is 2.06. The number of benzene rings is 1. The van der Waals surface area contributed by atoms with Crippen LogP contribution in [0.15, 0.2) is 17.0 Å². The first-order valence-corrected chi connectivity index (χ1v) is 5.65. The third-order valence-electron chi connectivity index (χ3n) is 2.02. The van der Waals surface area contributed by atoms with Gasteiger partial charge in [-0.15, -0.1) is 11.8 Å². The Hall–Kier alpha value is -1.27. The Bertz CT molecular complexity index is 395. The maximum Gasteiger partial charge on any atom is 0.311 e. The van der Waals surface area contributed by atoms with E-state index in [1.54, 1.807) is 13.0 Å². The first-order chi connectivity index (χ1) is 7.60. The average Bonchev–Trinajstić information content (AvgIpc) is 2.26. The van der Waals surface area contributed by atoms with E-state index in [9.17, 15) is 10.1 Å². The Labute approximate surface area is 97.6 Å². The molecule has 0 saturated heterocycles. The van der Waals surface area contributed by atoms with Crippen LogP contribution in [0.3, 0.4) is 0 Å². The highest BCUT2D eigenvalue weighted by Crippen LogP contribution is 2.34. The van der Waals surface area contributed by atoms with Crippen molar-refractivity contribution in [3.05, 3.63) is 27.8 Å². The van der Waals surface area contributed by atoms with E-state index in [2.05, 4.69) is 0 Å². The molecule has 1 aromatic carbocycles. The van der Waals surface area contributed by atoms with Crippen LogP contribution in [0, 0.1) is 17.0 Å². The van der Waals surface area contributed by atoms with Crippen molar-refractivity contribution in [1.82, 2.24) is 0 Å². The highest BCUT2D eigenvalue weighted by molar-refractivity contribution is 7.99. The summed E-state index contributed by atoms with van der Waals surface area (Å²) >= 11 is 1.44. The molecule has 0 amide bonds. The fourth-order valence-electron chi connectivity index (χ4n) is 1.27. The van der Waals surface area contributed by atoms with E-state index in [-0.39, 0.29) is 18.0 Å². The SMILES string of the molecule is COc1cc(SCCO)c(C)cc1[N+](=O)[O-]. The maximum absolute atomic E-state index is 10.7. The van der Waals surface area contributed by atoms with Crippen molar-refractivity contribution in [2.24, 2.45) is 0 Å². The lowest BCUT2D eigenvalue weighted by Crippen LogP contribution is -1.96. The summed E-state index contributed by atoms with van der Waals surface area (Å²) in [6, 6.07) is 3.12. The number of ether oxygens (including phenoxy) is 1. The van der Waals surface area contributed by atoms with Gasteiger partial charge < -0.3 is 9.84 Å². The highest BCUT2D eigenvalue weighted by atomic mass is 32.2. The molecule has 0 aliphatic rings. The van der Waals surface area contributed by atoms with E-state index in [4.69, 9.17) is 9.84 Å². The molecule has 88 valence electrons. The predicted molar refractivity (Wildman–Crippen MR) is 62.2 cm³/mol. The third kappa shape index (κ3) is 2.86. The molecule has 5 nitrogen and oxygen atoms in total. The number of nitro groups is 1. The Morgan fingerprint density at radius 1 is 1.56 bits per heavy atom. The third-order valence-corrected chi connectivity index (χ3v) is 3.16. The van der Waals surface area contributed by atoms with Crippen molar-refractivity contribution in [1.29, 1.82) is 0 Å². The molecule has 6 heteroatoms. The number of aryl methyl sites for hydroxylation is 1. The van der Waals surface area contributed by atoms with E-state index in [1.165, 1.54) is 24.9 Å². The van der Waals surface area contributed by atoms with Crippen LogP contribution >= 0.6 is 11.8 Å². The maximum atomic E-state index is 10.7. The zero-order chi connectivity index (χ0) is 12.1. The van der Waals surface area contributed by atoms with Gasteiger partial charge in [0.15, 0.2) is 5.75 Å². The van der Waals surface area contributed by atoms with Crippen LogP contribution in [0.25, 0.3) is 0 Å². The molecular formula is C10H13NO4S. The molecule has 1 N–H and O–H groups in total. The summed E-state index contributed by atoms with van der Waals surface area (Å²) in [7, 11) is 1.40. The number of nitrogens with zero attached hydrogens (tertiary/aromatic N) is 1. The van der Waals surface area contributed by atoms with E-state index in [0.717, 1.165) is 10.5 Å². The molecule has 0 spiro atoms. The van der Waals surface area contributed by atoms with Crippen LogP contribution in [0.2, 0.25) is 0 Å². The van der Waals surface area contributed by atoms with Crippen LogP contribution in [0.5, 0.6) is 5.75 Å². The van der Waals surface area contributed by atoms with Gasteiger partial charge in [-0.1, -0.05) is 0 Å². The molecule has 1 rings (SSSR count). The standard InChI is InChI=1S/C10H13NO4S/c1-7-5-8(11(13)14)9(15-2)6-10(7)16-4-3-12/h5-6,12H,3-4H2,1-2H3. The average molecular weight is 243 g/mol. The van der Waals surface area contributed by atoms with Gasteiger partial charge in [0.05, 0.1) is 18.6 Å². The predicted octanol–water partition coefficient (Wildman–Crippen LogP) is 2.00. The second-order valence-electron chi connectivity index (χ2n) is 3.12. The summed E-state index contributed by atoms with van der Waals surface area (Å²) in [4.78, 5) is 11.2. The number of rotatable bonds is 5. The van der Waals surface area contributed by atoms with Crippen molar-refractivity contribution in [2.45, 2.75) is 11.8 Å². The van der Waals surface area contributed by atoms with Gasteiger partial charge >= 0.3 is 5.69 Å². The Morgan fingerprint density at radius 3 is 2.75 bits per heavy atom. The molecule has 0 unspecified atom stereocenters. The minimum absolute atomic E-state index is 0.0339. The Morgan fingerprint density at radius 2 is 2.25 bits per heavy atom. The summed E-state index contributed by atoms with van der Waals surface area (Å²) < 4.78 is 4.96. The van der Waals surface area contributed by atoms with E-state index in [1.807, 2.05) is 0 Å². The fraction of sp³-hybridized carbons (Fsp3) is 0.400. The molecule has 0 aromatic heterocycles.